The van der Waals surface area contributed by atoms with Crippen LogP contribution < -0.4 is 5.32 Å². The lowest BCUT2D eigenvalue weighted by Gasteiger charge is -2.31. The van der Waals surface area contributed by atoms with Crippen molar-refractivity contribution in [3.63, 3.8) is 0 Å². The number of halogens is 3. The molecule has 1 unspecified atom stereocenters. The van der Waals surface area contributed by atoms with Crippen LogP contribution in [0.25, 0.3) is 0 Å². The fourth-order valence-electron chi connectivity index (χ4n) is 3.47. The van der Waals surface area contributed by atoms with Gasteiger partial charge in [0.15, 0.2) is 0 Å². The second kappa shape index (κ2) is 8.73. The van der Waals surface area contributed by atoms with Gasteiger partial charge in [0.2, 0.25) is 15.9 Å². The molecule has 1 fully saturated rings. The van der Waals surface area contributed by atoms with E-state index in [0.717, 1.165) is 28.1 Å². The van der Waals surface area contributed by atoms with Gasteiger partial charge in [0.05, 0.1) is 16.5 Å². The first-order valence-electron chi connectivity index (χ1n) is 9.47. The fraction of sp³-hybridized carbons (Fsp3) is 0.400. The number of hydrogen-bond donors (Lipinski definition) is 1. The van der Waals surface area contributed by atoms with Crippen LogP contribution in [0.1, 0.15) is 36.9 Å². The van der Waals surface area contributed by atoms with E-state index in [1.807, 2.05) is 13.0 Å². The smallest absolute Gasteiger partial charge is 0.349 e. The van der Waals surface area contributed by atoms with Crippen LogP contribution in [0, 0.1) is 5.92 Å². The lowest BCUT2D eigenvalue weighted by Crippen LogP contribution is -2.43. The van der Waals surface area contributed by atoms with Crippen LogP contribution in [0.2, 0.25) is 0 Å². The summed E-state index contributed by atoms with van der Waals surface area (Å²) in [6, 6.07) is 7.49. The van der Waals surface area contributed by atoms with Crippen LogP contribution in [0.4, 0.5) is 13.2 Å². The maximum atomic E-state index is 13.2. The topological polar surface area (TPSA) is 79.4 Å². The van der Waals surface area contributed by atoms with Gasteiger partial charge in [-0.2, -0.15) is 17.5 Å². The summed E-state index contributed by atoms with van der Waals surface area (Å²) in [5.74, 6) is -0.618. The molecule has 0 bridgehead atoms. The lowest BCUT2D eigenvalue weighted by molar-refractivity contribution is -0.139. The van der Waals surface area contributed by atoms with Gasteiger partial charge >= 0.3 is 6.18 Å². The van der Waals surface area contributed by atoms with Crippen LogP contribution >= 0.6 is 0 Å². The summed E-state index contributed by atoms with van der Waals surface area (Å²) in [7, 11) is -4.32. The third-order valence-electron chi connectivity index (χ3n) is 5.18. The number of sulfonamides is 1. The van der Waals surface area contributed by atoms with Crippen molar-refractivity contribution in [2.75, 3.05) is 13.1 Å². The fourth-order valence-corrected chi connectivity index (χ4v) is 5.15. The first kappa shape index (κ1) is 22.2. The summed E-state index contributed by atoms with van der Waals surface area (Å²) in [5.41, 5.74) is -0.343. The third-order valence-corrected chi connectivity index (χ3v) is 7.13. The number of carbonyl (C=O) groups excluding carboxylic acids is 1. The number of benzene rings is 1. The summed E-state index contributed by atoms with van der Waals surface area (Å²) in [4.78, 5) is 15.8. The van der Waals surface area contributed by atoms with Crippen molar-refractivity contribution < 1.29 is 26.4 Å². The van der Waals surface area contributed by atoms with Crippen LogP contribution in [-0.4, -0.2) is 36.7 Å². The van der Waals surface area contributed by atoms with Crippen molar-refractivity contribution in [3.8, 4) is 0 Å². The van der Waals surface area contributed by atoms with E-state index in [1.165, 1.54) is 6.07 Å². The number of aromatic nitrogens is 1. The number of nitrogens with one attached hydrogen (secondary N) is 1. The molecule has 6 nitrogen and oxygen atoms in total. The van der Waals surface area contributed by atoms with Crippen molar-refractivity contribution in [3.05, 3.63) is 59.9 Å². The van der Waals surface area contributed by atoms with Gasteiger partial charge in [-0.15, -0.1) is 0 Å². The Morgan fingerprint density at radius 3 is 2.43 bits per heavy atom. The van der Waals surface area contributed by atoms with Crippen molar-refractivity contribution in [1.82, 2.24) is 14.6 Å². The molecule has 1 aromatic heterocycles. The molecule has 0 aliphatic carbocycles. The molecule has 30 heavy (non-hydrogen) atoms. The average Bonchev–Trinajstić information content (AvgIpc) is 2.74. The van der Waals surface area contributed by atoms with Crippen molar-refractivity contribution >= 4 is 15.9 Å². The first-order chi connectivity index (χ1) is 14.1. The molecule has 1 N–H and O–H groups in total. The Hall–Kier alpha value is -2.46. The van der Waals surface area contributed by atoms with E-state index in [9.17, 15) is 26.4 Å². The first-order valence-corrected chi connectivity index (χ1v) is 10.9. The minimum atomic E-state index is -4.77. The second-order valence-electron chi connectivity index (χ2n) is 7.19. The molecule has 162 valence electrons. The molecule has 1 aliphatic rings. The van der Waals surface area contributed by atoms with Gasteiger partial charge in [-0.05, 0) is 43.5 Å². The number of rotatable bonds is 5. The number of hydrogen-bond acceptors (Lipinski definition) is 4. The summed E-state index contributed by atoms with van der Waals surface area (Å²) in [5, 5.41) is 2.88. The SMILES string of the molecule is CC(NC(=O)C1CCN(S(=O)(=O)c2ccccc2C(F)(F)F)CC1)c1cccnc1. The molecule has 1 aromatic carbocycles. The normalized spacial score (nSPS) is 17.5. The lowest BCUT2D eigenvalue weighted by atomic mass is 9.96. The Labute approximate surface area is 173 Å². The highest BCUT2D eigenvalue weighted by atomic mass is 32.2. The van der Waals surface area contributed by atoms with E-state index < -0.39 is 32.6 Å². The van der Waals surface area contributed by atoms with Crippen molar-refractivity contribution in [1.29, 1.82) is 0 Å². The van der Waals surface area contributed by atoms with E-state index in [4.69, 9.17) is 0 Å². The largest absolute Gasteiger partial charge is 0.417 e. The number of amides is 1. The highest BCUT2D eigenvalue weighted by molar-refractivity contribution is 7.89. The zero-order valence-electron chi connectivity index (χ0n) is 16.3. The van der Waals surface area contributed by atoms with Crippen molar-refractivity contribution in [2.45, 2.75) is 36.9 Å². The summed E-state index contributed by atoms with van der Waals surface area (Å²) >= 11 is 0. The van der Waals surface area contributed by atoms with E-state index in [2.05, 4.69) is 10.3 Å². The molecule has 3 rings (SSSR count). The summed E-state index contributed by atoms with van der Waals surface area (Å²) in [6.07, 6.45) is -1.02. The van der Waals surface area contributed by atoms with Gasteiger partial charge in [-0.1, -0.05) is 18.2 Å². The maximum absolute atomic E-state index is 13.2. The standard InChI is InChI=1S/C20H22F3N3O3S/c1-14(16-5-4-10-24-13-16)25-19(27)15-8-11-26(12-9-15)30(28,29)18-7-3-2-6-17(18)20(21,22)23/h2-7,10,13-15H,8-9,11-12H2,1H3,(H,25,27). The molecule has 0 radical (unpaired) electrons. The molecule has 2 heterocycles. The molecule has 0 spiro atoms. The second-order valence-corrected chi connectivity index (χ2v) is 9.10. The van der Waals surface area contributed by atoms with Gasteiger partial charge in [0.1, 0.15) is 0 Å². The maximum Gasteiger partial charge on any atom is 0.417 e. The number of piperidine rings is 1. The molecular formula is C20H22F3N3O3S. The Balaban J connectivity index is 1.66. The molecule has 1 saturated heterocycles. The van der Waals surface area contributed by atoms with Crippen LogP contribution in [0.5, 0.6) is 0 Å². The Morgan fingerprint density at radius 1 is 1.17 bits per heavy atom. The minimum absolute atomic E-state index is 0.0200. The number of nitrogens with zero attached hydrogens (tertiary/aromatic N) is 2. The van der Waals surface area contributed by atoms with E-state index in [-0.39, 0.29) is 37.9 Å². The molecule has 1 atom stereocenters. The van der Waals surface area contributed by atoms with Crippen LogP contribution in [-0.2, 0) is 21.0 Å². The van der Waals surface area contributed by atoms with E-state index in [0.29, 0.717) is 0 Å². The third kappa shape index (κ3) is 4.81. The van der Waals surface area contributed by atoms with Crippen LogP contribution in [0.3, 0.4) is 0 Å². The Bertz CT molecular complexity index is 989. The Kier molecular flexibility index (Phi) is 6.47. The van der Waals surface area contributed by atoms with Gasteiger partial charge in [0, 0.05) is 31.4 Å². The predicted molar refractivity (Wildman–Crippen MR) is 104 cm³/mol. The molecule has 2 aromatic rings. The van der Waals surface area contributed by atoms with Gasteiger partial charge in [-0.3, -0.25) is 9.78 Å². The van der Waals surface area contributed by atoms with E-state index in [1.54, 1.807) is 18.5 Å². The van der Waals surface area contributed by atoms with Gasteiger partial charge in [-0.25, -0.2) is 8.42 Å². The predicted octanol–water partition coefficient (Wildman–Crippen LogP) is 3.38. The highest BCUT2D eigenvalue weighted by Gasteiger charge is 2.40. The minimum Gasteiger partial charge on any atom is -0.349 e. The summed E-state index contributed by atoms with van der Waals surface area (Å²) in [6.45, 7) is 1.78. The Morgan fingerprint density at radius 2 is 1.83 bits per heavy atom. The van der Waals surface area contributed by atoms with Crippen LogP contribution in [0.15, 0.2) is 53.7 Å². The number of pyridine rings is 1. The average molecular weight is 441 g/mol. The molecule has 1 amide bonds. The van der Waals surface area contributed by atoms with Gasteiger partial charge < -0.3 is 5.32 Å². The molecule has 0 saturated carbocycles. The molecule has 1 aliphatic heterocycles. The monoisotopic (exact) mass is 441 g/mol. The molecular weight excluding hydrogens is 419 g/mol. The quantitative estimate of drug-likeness (QED) is 0.772. The number of alkyl halides is 3. The zero-order chi connectivity index (χ0) is 21.9. The van der Waals surface area contributed by atoms with Crippen molar-refractivity contribution in [2.24, 2.45) is 5.92 Å². The summed E-state index contributed by atoms with van der Waals surface area (Å²) < 4.78 is 66.3. The van der Waals surface area contributed by atoms with E-state index >= 15 is 0 Å². The number of carbonyl (C=O) groups is 1. The van der Waals surface area contributed by atoms with Gasteiger partial charge in [0.25, 0.3) is 0 Å². The zero-order valence-corrected chi connectivity index (χ0v) is 17.1. The molecule has 10 heteroatoms. The highest BCUT2D eigenvalue weighted by Crippen LogP contribution is 2.36.